The highest BCUT2D eigenvalue weighted by molar-refractivity contribution is 7.69. The van der Waals surface area contributed by atoms with Crippen LogP contribution in [0.25, 0.3) is 11.2 Å². The minimum atomic E-state index is -5.64. The van der Waals surface area contributed by atoms with Crippen LogP contribution in [-0.2, 0) is 31.8 Å². The number of rotatable bonds is 8. The number of hydrogen-bond acceptors (Lipinski definition) is 12. The quantitative estimate of drug-likeness (QED) is 0.198. The number of nitrogens with zero attached hydrogens (tertiary/aromatic N) is 3. The number of anilines is 1. The van der Waals surface area contributed by atoms with E-state index in [4.69, 9.17) is 25.0 Å². The van der Waals surface area contributed by atoms with Crippen molar-refractivity contribution in [1.82, 2.24) is 19.5 Å². The third kappa shape index (κ3) is 6.02. The minimum Gasteiger partial charge on any atom is -0.387 e. The highest BCUT2D eigenvalue weighted by atomic mass is 31.3. The molecule has 1 aliphatic heterocycles. The second-order valence-electron chi connectivity index (χ2n) is 6.49. The van der Waals surface area contributed by atoms with E-state index >= 15 is 0 Å². The molecule has 0 saturated carbocycles. The maximum absolute atomic E-state index is 12.0. The van der Waals surface area contributed by atoms with Gasteiger partial charge in [0.1, 0.15) is 18.3 Å². The molecule has 33 heavy (non-hydrogen) atoms. The third-order valence-electron chi connectivity index (χ3n) is 4.14. The van der Waals surface area contributed by atoms with Gasteiger partial charge in [-0.05, 0) is 6.08 Å². The van der Waals surface area contributed by atoms with Gasteiger partial charge < -0.3 is 39.9 Å². The van der Waals surface area contributed by atoms with Crippen LogP contribution in [0, 0.1) is 0 Å². The van der Waals surface area contributed by atoms with Gasteiger partial charge in [0.15, 0.2) is 17.4 Å². The summed E-state index contributed by atoms with van der Waals surface area (Å²) in [6, 6.07) is 0. The topological polar surface area (TPSA) is 279 Å². The molecule has 2 aromatic rings. The molecule has 1 saturated heterocycles. The molecule has 21 heteroatoms. The number of nitrogens with two attached hydrogens (primary N) is 1. The molecule has 8 N–H and O–H groups in total. The summed E-state index contributed by atoms with van der Waals surface area (Å²) in [5, 5.41) is 10.5. The summed E-state index contributed by atoms with van der Waals surface area (Å²) in [6.45, 7) is 0. The van der Waals surface area contributed by atoms with E-state index in [9.17, 15) is 33.4 Å². The zero-order valence-electron chi connectivity index (χ0n) is 16.3. The van der Waals surface area contributed by atoms with Gasteiger partial charge in [-0.3, -0.25) is 18.9 Å². The molecular formula is C12H18N5O13P3. The molecule has 1 aliphatic rings. The Labute approximate surface area is 183 Å². The van der Waals surface area contributed by atoms with E-state index in [1.807, 2.05) is 0 Å². The van der Waals surface area contributed by atoms with Crippen LogP contribution < -0.4 is 11.3 Å². The average molecular weight is 533 g/mol. The number of hydrogen-bond donors (Lipinski definition) is 7. The van der Waals surface area contributed by atoms with Gasteiger partial charge in [0.2, 0.25) is 5.95 Å². The molecule has 3 rings (SSSR count). The van der Waals surface area contributed by atoms with Gasteiger partial charge in [-0.15, -0.1) is 0 Å². The van der Waals surface area contributed by atoms with Gasteiger partial charge in [-0.2, -0.15) is 9.29 Å². The number of aliphatic hydroxyl groups excluding tert-OH is 1. The maximum atomic E-state index is 12.0. The van der Waals surface area contributed by atoms with Crippen molar-refractivity contribution in [2.75, 3.05) is 12.8 Å². The number of aromatic amines is 1. The summed E-state index contributed by atoms with van der Waals surface area (Å²) < 4.78 is 53.6. The predicted molar refractivity (Wildman–Crippen MR) is 106 cm³/mol. The summed E-state index contributed by atoms with van der Waals surface area (Å²) in [5.74, 6) is 0.122. The lowest BCUT2D eigenvalue weighted by molar-refractivity contribution is -0.0449. The second kappa shape index (κ2) is 9.11. The van der Waals surface area contributed by atoms with Crippen LogP contribution >= 0.6 is 23.2 Å². The molecule has 0 radical (unpaired) electrons. The van der Waals surface area contributed by atoms with Gasteiger partial charge in [0.05, 0.1) is 6.33 Å². The van der Waals surface area contributed by atoms with Crippen LogP contribution in [0.5, 0.6) is 0 Å². The number of ether oxygens (including phenoxy) is 2. The van der Waals surface area contributed by atoms with E-state index in [1.54, 1.807) is 0 Å². The van der Waals surface area contributed by atoms with Gasteiger partial charge in [-0.1, -0.05) is 0 Å². The largest absolute Gasteiger partial charge is 0.488 e. The average Bonchev–Trinajstić information content (AvgIpc) is 3.17. The van der Waals surface area contributed by atoms with Crippen molar-refractivity contribution in [3.63, 3.8) is 0 Å². The van der Waals surface area contributed by atoms with Crippen LogP contribution in [0.15, 0.2) is 23.0 Å². The Morgan fingerprint density at radius 1 is 1.24 bits per heavy atom. The molecule has 6 atom stereocenters. The van der Waals surface area contributed by atoms with Gasteiger partial charge in [0, 0.05) is 12.9 Å². The van der Waals surface area contributed by atoms with Crippen LogP contribution in [0.4, 0.5) is 5.95 Å². The Morgan fingerprint density at radius 3 is 2.52 bits per heavy atom. The second-order valence-corrected chi connectivity index (χ2v) is 11.1. The molecule has 1 fully saturated rings. The Hall–Kier alpha value is -1.78. The number of nitrogens with one attached hydrogen (secondary N) is 1. The molecule has 184 valence electrons. The summed E-state index contributed by atoms with van der Waals surface area (Å²) in [4.78, 5) is 58.1. The first-order chi connectivity index (χ1) is 15.1. The van der Waals surface area contributed by atoms with Crippen molar-refractivity contribution in [2.45, 2.75) is 24.5 Å². The van der Waals surface area contributed by atoms with E-state index in [0.29, 0.717) is 5.82 Å². The summed E-state index contributed by atoms with van der Waals surface area (Å²) in [6.07, 6.45) is -3.13. The monoisotopic (exact) mass is 533 g/mol. The molecule has 0 amide bonds. The minimum absolute atomic E-state index is 0.00732. The Balaban J connectivity index is 1.84. The van der Waals surface area contributed by atoms with Crippen LogP contribution in [0.2, 0.25) is 0 Å². The smallest absolute Gasteiger partial charge is 0.387 e. The first-order valence-electron chi connectivity index (χ1n) is 8.54. The SMILES string of the molecule is CO[C@@H]1[C@H](O)[C@@H](/C=C/P(=O)(O)OP(=O)(O)OP(=O)(O)O)O[C@H]1n1cnc2c(=O)[nH]c(N)nc21. The number of aliphatic hydroxyl groups is 1. The van der Waals surface area contributed by atoms with Crippen molar-refractivity contribution in [3.05, 3.63) is 28.6 Å². The number of methoxy groups -OCH3 is 1. The zero-order chi connectivity index (χ0) is 24.8. The van der Waals surface area contributed by atoms with E-state index < -0.39 is 53.3 Å². The van der Waals surface area contributed by atoms with Gasteiger partial charge in [-0.25, -0.2) is 18.4 Å². The lowest BCUT2D eigenvalue weighted by Gasteiger charge is -2.19. The van der Waals surface area contributed by atoms with Crippen LogP contribution in [0.1, 0.15) is 6.23 Å². The molecule has 2 unspecified atom stereocenters. The number of H-pyrrole nitrogens is 1. The molecule has 0 bridgehead atoms. The number of imidazole rings is 1. The lowest BCUT2D eigenvalue weighted by Crippen LogP contribution is -2.32. The number of phosphoric acid groups is 2. The highest BCUT2D eigenvalue weighted by Crippen LogP contribution is 2.66. The van der Waals surface area contributed by atoms with Gasteiger partial charge >= 0.3 is 23.2 Å². The zero-order valence-corrected chi connectivity index (χ0v) is 19.0. The summed E-state index contributed by atoms with van der Waals surface area (Å²) in [5.41, 5.74) is 4.81. The highest BCUT2D eigenvalue weighted by Gasteiger charge is 2.45. The summed E-state index contributed by atoms with van der Waals surface area (Å²) >= 11 is 0. The number of aromatic nitrogens is 4. The lowest BCUT2D eigenvalue weighted by atomic mass is 10.1. The number of nitrogen functional groups attached to an aromatic ring is 1. The van der Waals surface area contributed by atoms with Crippen molar-refractivity contribution in [3.8, 4) is 0 Å². The number of fused-ring (bicyclic) bond motifs is 1. The molecular weight excluding hydrogens is 515 g/mol. The van der Waals surface area contributed by atoms with Crippen molar-refractivity contribution in [1.29, 1.82) is 0 Å². The van der Waals surface area contributed by atoms with E-state index in [1.165, 1.54) is 18.0 Å². The first-order valence-corrected chi connectivity index (χ1v) is 13.2. The van der Waals surface area contributed by atoms with Crippen LogP contribution in [0.3, 0.4) is 0 Å². The maximum Gasteiger partial charge on any atom is 0.488 e. The molecule has 0 spiro atoms. The third-order valence-corrected chi connectivity index (χ3v) is 8.13. The molecule has 18 nitrogen and oxygen atoms in total. The van der Waals surface area contributed by atoms with E-state index in [0.717, 1.165) is 6.08 Å². The Morgan fingerprint density at radius 2 is 1.91 bits per heavy atom. The summed E-state index contributed by atoms with van der Waals surface area (Å²) in [7, 11) is -15.1. The molecule has 2 aromatic heterocycles. The molecule has 3 heterocycles. The standard InChI is InChI=1S/C12H18N5O13P3/c1-27-8-7(18)5(2-3-31(20,21)29-33(25,26)30-32(22,23)24)28-11(8)17-4-14-6-9(17)15-12(13)16-10(6)19/h2-5,7-8,11,18H,1H3,(H,20,21)(H,25,26)(H2,22,23,24)(H3,13,15,16,19)/b3-2+/t5-,7-,8-,11-/m1/s1. The normalized spacial score (nSPS) is 27.7. The predicted octanol–water partition coefficient (Wildman–Crippen LogP) is -1.10. The fraction of sp³-hybridized carbons (Fsp3) is 0.417. The van der Waals surface area contributed by atoms with Crippen molar-refractivity contribution in [2.24, 2.45) is 0 Å². The van der Waals surface area contributed by atoms with Crippen molar-refractivity contribution >= 4 is 40.4 Å². The molecule has 0 aliphatic carbocycles. The van der Waals surface area contributed by atoms with Crippen LogP contribution in [-0.4, -0.2) is 69.6 Å². The van der Waals surface area contributed by atoms with E-state index in [-0.39, 0.29) is 17.1 Å². The van der Waals surface area contributed by atoms with E-state index in [2.05, 4.69) is 23.6 Å². The fourth-order valence-corrected chi connectivity index (χ4v) is 6.21. The first kappa shape index (κ1) is 25.8. The Kier molecular flexibility index (Phi) is 7.13. The Bertz CT molecular complexity index is 1270. The van der Waals surface area contributed by atoms with Gasteiger partial charge in [0.25, 0.3) is 5.56 Å². The molecule has 0 aromatic carbocycles. The fourth-order valence-electron chi connectivity index (χ4n) is 2.96. The van der Waals surface area contributed by atoms with Crippen molar-refractivity contribution < 1.29 is 56.5 Å².